The zero-order chi connectivity index (χ0) is 20.1. The van der Waals surface area contributed by atoms with Gasteiger partial charge >= 0.3 is 6.09 Å². The average molecular weight is 377 g/mol. The van der Waals surface area contributed by atoms with Crippen molar-refractivity contribution < 1.29 is 14.3 Å². The molecule has 0 aromatic carbocycles. The molecule has 2 rings (SSSR count). The molecule has 5 heteroatoms. The largest absolute Gasteiger partial charge is 0.485 e. The zero-order valence-electron chi connectivity index (χ0n) is 17.7. The summed E-state index contributed by atoms with van der Waals surface area (Å²) in [6, 6.07) is 0. The van der Waals surface area contributed by atoms with Crippen molar-refractivity contribution in [3.63, 3.8) is 0 Å². The highest BCUT2D eigenvalue weighted by molar-refractivity contribution is 5.68. The summed E-state index contributed by atoms with van der Waals surface area (Å²) in [6.45, 7) is 17.2. The minimum Gasteiger partial charge on any atom is -0.485 e. The lowest BCUT2D eigenvalue weighted by Gasteiger charge is -2.41. The van der Waals surface area contributed by atoms with Crippen LogP contribution < -0.4 is 0 Å². The molecule has 2 aliphatic heterocycles. The Labute approximate surface area is 164 Å². The van der Waals surface area contributed by atoms with E-state index in [1.54, 1.807) is 4.90 Å². The van der Waals surface area contributed by atoms with E-state index in [1.165, 1.54) is 0 Å². The van der Waals surface area contributed by atoms with E-state index in [2.05, 4.69) is 24.5 Å². The van der Waals surface area contributed by atoms with Gasteiger partial charge in [0.15, 0.2) is 0 Å². The summed E-state index contributed by atoms with van der Waals surface area (Å²) in [5, 5.41) is 0. The molecule has 1 amide bonds. The van der Waals surface area contributed by atoms with Crippen LogP contribution in [-0.4, -0.2) is 53.3 Å². The first-order valence-electron chi connectivity index (χ1n) is 10.1. The van der Waals surface area contributed by atoms with E-state index in [4.69, 9.17) is 9.47 Å². The van der Waals surface area contributed by atoms with Crippen LogP contribution in [0.4, 0.5) is 4.79 Å². The molecule has 0 radical (unpaired) electrons. The molecular weight excluding hydrogens is 340 g/mol. The predicted octanol–water partition coefficient (Wildman–Crippen LogP) is 4.86. The van der Waals surface area contributed by atoms with E-state index >= 15 is 0 Å². The van der Waals surface area contributed by atoms with Crippen LogP contribution in [0.5, 0.6) is 0 Å². The molecule has 1 fully saturated rings. The topological polar surface area (TPSA) is 42.0 Å². The van der Waals surface area contributed by atoms with Gasteiger partial charge in [0.1, 0.15) is 17.0 Å². The summed E-state index contributed by atoms with van der Waals surface area (Å²) < 4.78 is 12.1. The van der Waals surface area contributed by atoms with Crippen LogP contribution in [0.25, 0.3) is 0 Å². The molecule has 1 spiro atoms. The summed E-state index contributed by atoms with van der Waals surface area (Å²) in [6.07, 6.45) is 9.42. The van der Waals surface area contributed by atoms with E-state index in [-0.39, 0.29) is 11.7 Å². The molecule has 0 aliphatic carbocycles. The fraction of sp³-hybridized carbons (Fsp3) is 0.682. The maximum absolute atomic E-state index is 12.4. The number of amides is 1. The van der Waals surface area contributed by atoms with Gasteiger partial charge in [-0.2, -0.15) is 0 Å². The Morgan fingerprint density at radius 2 is 1.89 bits per heavy atom. The monoisotopic (exact) mass is 376 g/mol. The lowest BCUT2D eigenvalue weighted by Crippen LogP contribution is -2.49. The van der Waals surface area contributed by atoms with Crippen molar-refractivity contribution >= 4 is 6.09 Å². The van der Waals surface area contributed by atoms with Crippen LogP contribution in [0.1, 0.15) is 60.3 Å². The van der Waals surface area contributed by atoms with Gasteiger partial charge in [-0.15, -0.1) is 0 Å². The highest BCUT2D eigenvalue weighted by Gasteiger charge is 2.41. The first-order valence-corrected chi connectivity index (χ1v) is 10.1. The number of allylic oxidation sites excluding steroid dienone is 3. The number of carbonyl (C=O) groups excluding carboxylic acids is 1. The van der Waals surface area contributed by atoms with Crippen LogP contribution in [0.15, 0.2) is 36.3 Å². The van der Waals surface area contributed by atoms with Crippen molar-refractivity contribution in [1.82, 2.24) is 9.80 Å². The van der Waals surface area contributed by atoms with Gasteiger partial charge < -0.3 is 19.3 Å². The normalized spacial score (nSPS) is 20.6. The highest BCUT2D eigenvalue weighted by Crippen LogP contribution is 2.37. The van der Waals surface area contributed by atoms with E-state index in [9.17, 15) is 4.79 Å². The lowest BCUT2D eigenvalue weighted by atomic mass is 9.87. The average Bonchev–Trinajstić information content (AvgIpc) is 2.73. The Kier molecular flexibility index (Phi) is 7.01. The van der Waals surface area contributed by atoms with Crippen molar-refractivity contribution in [2.24, 2.45) is 0 Å². The zero-order valence-corrected chi connectivity index (χ0v) is 17.7. The number of nitrogens with zero attached hydrogens (tertiary/aromatic N) is 2. The standard InChI is InChI=1S/C22H36N2O3/c1-7-10-18-19(9-3)26-22(11-15-23(18)14-8-2)12-16-24(17-13-22)20(25)27-21(4,5)6/h7,9-10H,3,8,11-17H2,1-2,4-6H3/b10-7-. The summed E-state index contributed by atoms with van der Waals surface area (Å²) >= 11 is 0. The van der Waals surface area contributed by atoms with Crippen molar-refractivity contribution in [3.8, 4) is 0 Å². The molecule has 2 aliphatic rings. The van der Waals surface area contributed by atoms with Gasteiger partial charge in [-0.05, 0) is 46.3 Å². The van der Waals surface area contributed by atoms with Crippen LogP contribution in [0.3, 0.4) is 0 Å². The van der Waals surface area contributed by atoms with E-state index in [1.807, 2.05) is 39.8 Å². The van der Waals surface area contributed by atoms with Crippen LogP contribution >= 0.6 is 0 Å². The Balaban J connectivity index is 2.14. The van der Waals surface area contributed by atoms with Crippen LogP contribution in [-0.2, 0) is 9.47 Å². The second-order valence-electron chi connectivity index (χ2n) is 8.44. The third-order valence-electron chi connectivity index (χ3n) is 5.09. The number of carbonyl (C=O) groups is 1. The smallest absolute Gasteiger partial charge is 0.410 e. The second kappa shape index (κ2) is 8.85. The molecule has 1 saturated heterocycles. The predicted molar refractivity (Wildman–Crippen MR) is 109 cm³/mol. The molecule has 0 saturated carbocycles. The maximum atomic E-state index is 12.4. The van der Waals surface area contributed by atoms with E-state index in [0.717, 1.165) is 50.2 Å². The van der Waals surface area contributed by atoms with Gasteiger partial charge in [0.05, 0.1) is 5.70 Å². The number of ether oxygens (including phenoxy) is 2. The third kappa shape index (κ3) is 5.53. The molecule has 0 aromatic heterocycles. The summed E-state index contributed by atoms with van der Waals surface area (Å²) in [5.41, 5.74) is 0.407. The molecule has 2 heterocycles. The fourth-order valence-electron chi connectivity index (χ4n) is 3.72. The molecule has 0 aromatic rings. The van der Waals surface area contributed by atoms with Gasteiger partial charge in [0, 0.05) is 45.4 Å². The molecule has 152 valence electrons. The molecule has 0 atom stereocenters. The van der Waals surface area contributed by atoms with E-state index < -0.39 is 5.60 Å². The van der Waals surface area contributed by atoms with Gasteiger partial charge in [0.25, 0.3) is 0 Å². The van der Waals surface area contributed by atoms with Crippen LogP contribution in [0.2, 0.25) is 0 Å². The fourth-order valence-corrected chi connectivity index (χ4v) is 3.72. The number of likely N-dealkylation sites (tertiary alicyclic amines) is 1. The van der Waals surface area contributed by atoms with Gasteiger partial charge in [-0.1, -0.05) is 19.6 Å². The number of piperidine rings is 1. The summed E-state index contributed by atoms with van der Waals surface area (Å²) in [7, 11) is 0. The maximum Gasteiger partial charge on any atom is 0.410 e. The van der Waals surface area contributed by atoms with Gasteiger partial charge in [0.2, 0.25) is 0 Å². The van der Waals surface area contributed by atoms with Crippen molar-refractivity contribution in [3.05, 3.63) is 36.3 Å². The second-order valence-corrected chi connectivity index (χ2v) is 8.44. The number of hydrogen-bond donors (Lipinski definition) is 0. The molecule has 27 heavy (non-hydrogen) atoms. The number of hydrogen-bond acceptors (Lipinski definition) is 4. The third-order valence-corrected chi connectivity index (χ3v) is 5.09. The lowest BCUT2D eigenvalue weighted by molar-refractivity contribution is -0.0507. The Hall–Kier alpha value is -1.91. The van der Waals surface area contributed by atoms with Crippen molar-refractivity contribution in [2.45, 2.75) is 71.5 Å². The number of rotatable bonds is 4. The quantitative estimate of drug-likeness (QED) is 0.702. The minimum atomic E-state index is -0.466. The van der Waals surface area contributed by atoms with Crippen LogP contribution in [0, 0.1) is 0 Å². The molecule has 5 nitrogen and oxygen atoms in total. The Morgan fingerprint density at radius 3 is 2.41 bits per heavy atom. The molecular formula is C22H36N2O3. The van der Waals surface area contributed by atoms with E-state index in [0.29, 0.717) is 13.1 Å². The van der Waals surface area contributed by atoms with Crippen molar-refractivity contribution in [1.29, 1.82) is 0 Å². The SMILES string of the molecule is C=CC1=C(/C=C\C)N(CCC)CCC2(CCN(C(=O)OC(C)(C)C)CC2)O1. The summed E-state index contributed by atoms with van der Waals surface area (Å²) in [5.74, 6) is 0.852. The van der Waals surface area contributed by atoms with Gasteiger partial charge in [-0.25, -0.2) is 4.79 Å². The Bertz CT molecular complexity index is 593. The van der Waals surface area contributed by atoms with Gasteiger partial charge in [-0.3, -0.25) is 0 Å². The first kappa shape index (κ1) is 21.4. The summed E-state index contributed by atoms with van der Waals surface area (Å²) in [4.78, 5) is 16.6. The molecule has 0 N–H and O–H groups in total. The molecule has 0 bridgehead atoms. The molecule has 0 unspecified atom stereocenters. The first-order chi connectivity index (χ1) is 12.7. The highest BCUT2D eigenvalue weighted by atomic mass is 16.6. The Morgan fingerprint density at radius 1 is 1.26 bits per heavy atom. The van der Waals surface area contributed by atoms with Crippen molar-refractivity contribution in [2.75, 3.05) is 26.2 Å². The minimum absolute atomic E-state index is 0.229.